The Hall–Kier alpha value is -2.05. The largest absolute Gasteiger partial charge is 0.484 e. The average molecular weight is 546 g/mol. The van der Waals surface area contributed by atoms with Gasteiger partial charge in [-0.1, -0.05) is 6.58 Å². The Labute approximate surface area is 193 Å². The second kappa shape index (κ2) is 10.1. The highest BCUT2D eigenvalue weighted by Gasteiger charge is 2.48. The summed E-state index contributed by atoms with van der Waals surface area (Å²) in [6, 6.07) is 0.930. The van der Waals surface area contributed by atoms with Crippen LogP contribution in [-0.2, 0) is 36.8 Å². The molecule has 3 rings (SSSR count). The molecule has 1 aromatic heterocycles. The van der Waals surface area contributed by atoms with E-state index >= 15 is 0 Å². The fourth-order valence-corrected chi connectivity index (χ4v) is 5.17. The van der Waals surface area contributed by atoms with Gasteiger partial charge in [0.05, 0.1) is 6.61 Å². The first kappa shape index (κ1) is 27.5. The Morgan fingerprint density at radius 3 is 2.34 bits per heavy atom. The first-order valence-electron chi connectivity index (χ1n) is 9.41. The molecular weight excluding hydrogens is 526 g/mol. The molecule has 7 N–H and O–H groups in total. The Morgan fingerprint density at radius 1 is 1.06 bits per heavy atom. The minimum Gasteiger partial charge on any atom is -0.458 e. The third-order valence-corrected chi connectivity index (χ3v) is 7.31. The first-order valence-corrected chi connectivity index (χ1v) is 12.4. The van der Waals surface area contributed by atoms with Crippen LogP contribution in [0.3, 0.4) is 0 Å². The zero-order valence-corrected chi connectivity index (χ0v) is 19.0. The third-order valence-electron chi connectivity index (χ3n) is 4.71. The van der Waals surface area contributed by atoms with Gasteiger partial charge in [0.1, 0.15) is 18.3 Å². The highest BCUT2D eigenvalue weighted by molar-refractivity contribution is 7.61. The number of H-pyrrole nitrogens is 1. The Bertz CT molecular complexity index is 1200. The van der Waals surface area contributed by atoms with E-state index in [9.17, 15) is 53.7 Å². The molecular formula is C15H20N2O16P2. The lowest BCUT2D eigenvalue weighted by Gasteiger charge is -2.32. The predicted molar refractivity (Wildman–Crippen MR) is 106 cm³/mol. The number of rotatable bonds is 8. The van der Waals surface area contributed by atoms with Crippen molar-refractivity contribution in [1.82, 2.24) is 9.55 Å². The number of aromatic nitrogens is 2. The quantitative estimate of drug-likeness (QED) is 0.123. The molecule has 2 fully saturated rings. The highest BCUT2D eigenvalue weighted by atomic mass is 31.3. The molecule has 0 amide bonds. The van der Waals surface area contributed by atoms with Crippen LogP contribution in [0.2, 0.25) is 0 Å². The lowest BCUT2D eigenvalue weighted by atomic mass is 10.1. The molecule has 2 aliphatic rings. The first-order chi connectivity index (χ1) is 16.1. The van der Waals surface area contributed by atoms with Crippen LogP contribution in [0.15, 0.2) is 34.2 Å². The molecule has 1 aromatic rings. The summed E-state index contributed by atoms with van der Waals surface area (Å²) in [4.78, 5) is 55.8. The van der Waals surface area contributed by atoms with E-state index in [-0.39, 0.29) is 0 Å². The van der Waals surface area contributed by atoms with E-state index in [2.05, 4.69) is 24.7 Å². The Morgan fingerprint density at radius 2 is 1.71 bits per heavy atom. The number of ketones is 1. The van der Waals surface area contributed by atoms with Gasteiger partial charge in [0, 0.05) is 12.3 Å². The summed E-state index contributed by atoms with van der Waals surface area (Å²) in [5.74, 6) is -1.87. The number of aliphatic hydroxyl groups excluding tert-OH is 4. The molecule has 2 saturated heterocycles. The van der Waals surface area contributed by atoms with Gasteiger partial charge in [0.2, 0.25) is 12.1 Å². The average Bonchev–Trinajstić information content (AvgIpc) is 3.02. The molecule has 2 unspecified atom stereocenters. The lowest BCUT2D eigenvalue weighted by Crippen LogP contribution is -2.50. The summed E-state index contributed by atoms with van der Waals surface area (Å²) in [6.45, 7) is 2.08. The number of aliphatic hydroxyl groups is 4. The number of phosphoric acid groups is 2. The molecule has 0 spiro atoms. The maximum atomic E-state index is 12.1. The number of ether oxygens (including phenoxy) is 2. The topological polar surface area (TPSA) is 274 Å². The van der Waals surface area contributed by atoms with Crippen LogP contribution in [0.4, 0.5) is 0 Å². The molecule has 0 radical (unpaired) electrons. The number of aromatic amines is 1. The fraction of sp³-hybridized carbons (Fsp3) is 0.533. The van der Waals surface area contributed by atoms with Gasteiger partial charge in [0.15, 0.2) is 24.2 Å². The van der Waals surface area contributed by atoms with Gasteiger partial charge >= 0.3 is 21.3 Å². The van der Waals surface area contributed by atoms with Crippen LogP contribution in [-0.4, -0.2) is 89.0 Å². The smallest absolute Gasteiger partial charge is 0.458 e. The Balaban J connectivity index is 1.62. The molecule has 18 nitrogen and oxygen atoms in total. The zero-order chi connectivity index (χ0) is 26.3. The molecule has 0 aromatic carbocycles. The zero-order valence-electron chi connectivity index (χ0n) is 17.2. The van der Waals surface area contributed by atoms with Crippen molar-refractivity contribution < 1.29 is 67.0 Å². The summed E-state index contributed by atoms with van der Waals surface area (Å²) >= 11 is 0. The fourth-order valence-electron chi connectivity index (χ4n) is 3.02. The number of hydrogen-bond donors (Lipinski definition) is 7. The summed E-state index contributed by atoms with van der Waals surface area (Å²) in [5.41, 5.74) is -1.74. The maximum Gasteiger partial charge on any atom is 0.484 e. The van der Waals surface area contributed by atoms with E-state index in [4.69, 9.17) is 4.74 Å². The molecule has 2 aliphatic heterocycles. The SMILES string of the molecule is C=C1O[C@@H](OP(=O)(O)OP(=O)(O)OC[C@H]2O[C@@H](n3ccc(=O)[nH]c3=O)[C@H](O)[C@@H]2O)[C@H](O)[C@H](O)C1=O. The van der Waals surface area contributed by atoms with Crippen molar-refractivity contribution in [1.29, 1.82) is 0 Å². The summed E-state index contributed by atoms with van der Waals surface area (Å²) in [5, 5.41) is 39.5. The second-order valence-corrected chi connectivity index (χ2v) is 10.2. The van der Waals surface area contributed by atoms with Crippen LogP contribution in [0.5, 0.6) is 0 Å². The van der Waals surface area contributed by atoms with Crippen molar-refractivity contribution in [3.63, 3.8) is 0 Å². The van der Waals surface area contributed by atoms with Crippen LogP contribution in [0.25, 0.3) is 0 Å². The standard InChI is InChI=1S/C15H20N2O16P2/c1-5-8(19)10(21)12(23)14(30-5)32-35(27,28)33-34(25,26)29-4-6-9(20)11(22)13(31-6)17-3-2-7(18)16-15(17)24/h2-3,6,9-14,20-23H,1,4H2,(H,25,26)(H,27,28)(H,16,18,24)/t6-,9-,10-,11-,12-,13-,14+/m1/s1. The number of carbonyl (C=O) groups excluding carboxylic acids is 1. The van der Waals surface area contributed by atoms with E-state index < -0.39 is 88.1 Å². The number of nitrogens with one attached hydrogen (secondary N) is 1. The Kier molecular flexibility index (Phi) is 7.97. The highest BCUT2D eigenvalue weighted by Crippen LogP contribution is 2.61. The molecule has 0 saturated carbocycles. The summed E-state index contributed by atoms with van der Waals surface area (Å²) < 4.78 is 47.7. The monoisotopic (exact) mass is 546 g/mol. The molecule has 20 heteroatoms. The minimum atomic E-state index is -5.57. The lowest BCUT2D eigenvalue weighted by molar-refractivity contribution is -0.191. The van der Waals surface area contributed by atoms with Gasteiger partial charge in [-0.3, -0.25) is 23.7 Å². The molecule has 196 valence electrons. The van der Waals surface area contributed by atoms with E-state index in [0.717, 1.165) is 16.8 Å². The molecule has 9 atom stereocenters. The van der Waals surface area contributed by atoms with Gasteiger partial charge in [-0.25, -0.2) is 18.4 Å². The van der Waals surface area contributed by atoms with Crippen molar-refractivity contribution in [3.05, 3.63) is 45.4 Å². The molecule has 0 bridgehead atoms. The van der Waals surface area contributed by atoms with Gasteiger partial charge in [-0.15, -0.1) is 0 Å². The van der Waals surface area contributed by atoms with Crippen LogP contribution >= 0.6 is 15.6 Å². The van der Waals surface area contributed by atoms with Gasteiger partial charge in [-0.05, 0) is 0 Å². The van der Waals surface area contributed by atoms with E-state index in [1.54, 1.807) is 0 Å². The molecule has 3 heterocycles. The predicted octanol–water partition coefficient (Wildman–Crippen LogP) is -3.43. The third kappa shape index (κ3) is 6.21. The number of hydrogen-bond acceptors (Lipinski definition) is 14. The van der Waals surface area contributed by atoms with Gasteiger partial charge in [-0.2, -0.15) is 4.31 Å². The summed E-state index contributed by atoms with van der Waals surface area (Å²) in [7, 11) is -11.0. The van der Waals surface area contributed by atoms with Crippen LogP contribution in [0.1, 0.15) is 6.23 Å². The normalized spacial score (nSPS) is 34.7. The minimum absolute atomic E-state index is 0.725. The van der Waals surface area contributed by atoms with Crippen molar-refractivity contribution in [2.45, 2.75) is 43.0 Å². The van der Waals surface area contributed by atoms with Crippen molar-refractivity contribution in [3.8, 4) is 0 Å². The van der Waals surface area contributed by atoms with Crippen LogP contribution in [0, 0.1) is 0 Å². The van der Waals surface area contributed by atoms with Crippen molar-refractivity contribution in [2.24, 2.45) is 0 Å². The van der Waals surface area contributed by atoms with Gasteiger partial charge in [0.25, 0.3) is 5.56 Å². The van der Waals surface area contributed by atoms with Gasteiger partial charge < -0.3 is 39.7 Å². The molecule has 0 aliphatic carbocycles. The van der Waals surface area contributed by atoms with Crippen molar-refractivity contribution in [2.75, 3.05) is 6.61 Å². The van der Waals surface area contributed by atoms with E-state index in [1.807, 2.05) is 4.98 Å². The number of Topliss-reactive ketones (excluding diaryl/α,β-unsaturated/α-hetero) is 1. The van der Waals surface area contributed by atoms with Crippen molar-refractivity contribution >= 4 is 21.4 Å². The van der Waals surface area contributed by atoms with E-state index in [0.29, 0.717) is 0 Å². The summed E-state index contributed by atoms with van der Waals surface area (Å²) in [6.07, 6.45) is -12.2. The van der Waals surface area contributed by atoms with Crippen LogP contribution < -0.4 is 11.2 Å². The second-order valence-electron chi connectivity index (χ2n) is 7.19. The van der Waals surface area contributed by atoms with E-state index in [1.165, 1.54) is 0 Å². The number of phosphoric ester groups is 2. The molecule has 35 heavy (non-hydrogen) atoms. The maximum absolute atomic E-state index is 12.1. The number of nitrogens with zero attached hydrogens (tertiary/aromatic N) is 1. The number of carbonyl (C=O) groups is 1.